The van der Waals surface area contributed by atoms with Gasteiger partial charge < -0.3 is 5.73 Å². The SMILES string of the molecule is CC1(C)CCC(C)(C)c2sc(N)nc21. The standard InChI is InChI=1S/C11H18N2S/c1-10(2)5-6-11(3,4)8-7(10)13-9(12)14-8/h5-6H2,1-4H3,(H2,12,13). The van der Waals surface area contributed by atoms with Gasteiger partial charge in [-0.15, -0.1) is 11.3 Å². The van der Waals surface area contributed by atoms with Gasteiger partial charge >= 0.3 is 0 Å². The summed E-state index contributed by atoms with van der Waals surface area (Å²) in [5.41, 5.74) is 7.51. The second-order valence-corrected chi connectivity index (χ2v) is 6.53. The van der Waals surface area contributed by atoms with Gasteiger partial charge in [0.25, 0.3) is 0 Å². The Kier molecular flexibility index (Phi) is 1.94. The average Bonchev–Trinajstić information content (AvgIpc) is 2.44. The topological polar surface area (TPSA) is 38.9 Å². The van der Waals surface area contributed by atoms with Crippen molar-refractivity contribution in [1.29, 1.82) is 0 Å². The number of nitrogens with zero attached hydrogens (tertiary/aromatic N) is 1. The van der Waals surface area contributed by atoms with E-state index in [1.54, 1.807) is 11.3 Å². The second kappa shape index (κ2) is 2.72. The number of aromatic nitrogens is 1. The minimum Gasteiger partial charge on any atom is -0.375 e. The molecule has 2 nitrogen and oxygen atoms in total. The van der Waals surface area contributed by atoms with Gasteiger partial charge in [0.2, 0.25) is 0 Å². The normalized spacial score (nSPS) is 23.1. The lowest BCUT2D eigenvalue weighted by atomic mass is 9.69. The number of anilines is 1. The summed E-state index contributed by atoms with van der Waals surface area (Å²) in [4.78, 5) is 5.89. The van der Waals surface area contributed by atoms with Crippen molar-refractivity contribution in [3.63, 3.8) is 0 Å². The van der Waals surface area contributed by atoms with Gasteiger partial charge in [0.15, 0.2) is 5.13 Å². The molecule has 0 spiro atoms. The Hall–Kier alpha value is -0.570. The Morgan fingerprint density at radius 2 is 1.71 bits per heavy atom. The van der Waals surface area contributed by atoms with Crippen LogP contribution in [-0.4, -0.2) is 4.98 Å². The maximum Gasteiger partial charge on any atom is 0.180 e. The third kappa shape index (κ3) is 1.34. The summed E-state index contributed by atoms with van der Waals surface area (Å²) < 4.78 is 0. The predicted molar refractivity (Wildman–Crippen MR) is 61.8 cm³/mol. The highest BCUT2D eigenvalue weighted by Crippen LogP contribution is 2.48. The molecule has 0 fully saturated rings. The van der Waals surface area contributed by atoms with Crippen LogP contribution >= 0.6 is 11.3 Å². The third-order valence-electron chi connectivity index (χ3n) is 3.27. The van der Waals surface area contributed by atoms with Gasteiger partial charge in [0, 0.05) is 15.7 Å². The van der Waals surface area contributed by atoms with Gasteiger partial charge in [-0.2, -0.15) is 0 Å². The fourth-order valence-corrected chi connectivity index (χ4v) is 3.25. The second-order valence-electron chi connectivity index (χ2n) is 5.50. The first-order valence-electron chi connectivity index (χ1n) is 5.10. The highest BCUT2D eigenvalue weighted by molar-refractivity contribution is 7.15. The van der Waals surface area contributed by atoms with Crippen molar-refractivity contribution in [1.82, 2.24) is 4.98 Å². The molecule has 0 atom stereocenters. The average molecular weight is 210 g/mol. The summed E-state index contributed by atoms with van der Waals surface area (Å²) in [7, 11) is 0. The smallest absolute Gasteiger partial charge is 0.180 e. The van der Waals surface area contributed by atoms with E-state index in [0.717, 1.165) is 5.13 Å². The van der Waals surface area contributed by atoms with Gasteiger partial charge in [-0.05, 0) is 12.8 Å². The first-order chi connectivity index (χ1) is 6.33. The molecule has 3 heteroatoms. The summed E-state index contributed by atoms with van der Waals surface area (Å²) in [6.07, 6.45) is 2.44. The molecule has 0 unspecified atom stereocenters. The minimum atomic E-state index is 0.207. The molecule has 0 bridgehead atoms. The zero-order valence-corrected chi connectivity index (χ0v) is 10.2. The van der Waals surface area contributed by atoms with Crippen molar-refractivity contribution in [3.8, 4) is 0 Å². The highest BCUT2D eigenvalue weighted by atomic mass is 32.1. The molecule has 0 saturated carbocycles. The van der Waals surface area contributed by atoms with Gasteiger partial charge in [0.05, 0.1) is 5.69 Å². The fourth-order valence-electron chi connectivity index (χ4n) is 2.11. The third-order valence-corrected chi connectivity index (χ3v) is 4.52. The summed E-state index contributed by atoms with van der Waals surface area (Å²) in [6.45, 7) is 9.11. The molecule has 1 aliphatic carbocycles. The summed E-state index contributed by atoms with van der Waals surface area (Å²) in [5.74, 6) is 0. The Labute approximate surface area is 89.5 Å². The fraction of sp³-hybridized carbons (Fsp3) is 0.727. The molecule has 78 valence electrons. The molecule has 0 amide bonds. The summed E-state index contributed by atoms with van der Waals surface area (Å²) in [6, 6.07) is 0. The molecule has 1 aromatic heterocycles. The lowest BCUT2D eigenvalue weighted by Gasteiger charge is -2.37. The van der Waals surface area contributed by atoms with E-state index in [2.05, 4.69) is 32.7 Å². The Bertz CT molecular complexity index is 330. The van der Waals surface area contributed by atoms with E-state index in [9.17, 15) is 0 Å². The van der Waals surface area contributed by atoms with Crippen molar-refractivity contribution in [2.75, 3.05) is 5.73 Å². The Morgan fingerprint density at radius 1 is 1.14 bits per heavy atom. The van der Waals surface area contributed by atoms with Gasteiger partial charge in [0.1, 0.15) is 0 Å². The monoisotopic (exact) mass is 210 g/mol. The highest BCUT2D eigenvalue weighted by Gasteiger charge is 2.40. The Balaban J connectivity index is 2.60. The van der Waals surface area contributed by atoms with Crippen molar-refractivity contribution in [2.24, 2.45) is 0 Å². The van der Waals surface area contributed by atoms with Gasteiger partial charge in [-0.25, -0.2) is 4.98 Å². The predicted octanol–water partition coefficient (Wildman–Crippen LogP) is 3.07. The van der Waals surface area contributed by atoms with E-state index >= 15 is 0 Å². The molecular formula is C11H18N2S. The van der Waals surface area contributed by atoms with Crippen LogP contribution in [0, 0.1) is 0 Å². The van der Waals surface area contributed by atoms with Crippen molar-refractivity contribution in [3.05, 3.63) is 10.6 Å². The van der Waals surface area contributed by atoms with E-state index in [-0.39, 0.29) is 10.8 Å². The number of hydrogen-bond acceptors (Lipinski definition) is 3. The summed E-state index contributed by atoms with van der Waals surface area (Å²) in [5, 5.41) is 0.720. The lowest BCUT2D eigenvalue weighted by Crippen LogP contribution is -2.32. The van der Waals surface area contributed by atoms with Crippen LogP contribution in [0.1, 0.15) is 51.1 Å². The Morgan fingerprint density at radius 3 is 2.29 bits per heavy atom. The van der Waals surface area contributed by atoms with Crippen LogP contribution in [0.15, 0.2) is 0 Å². The van der Waals surface area contributed by atoms with Crippen molar-refractivity contribution in [2.45, 2.75) is 51.4 Å². The number of nitrogens with two attached hydrogens (primary N) is 1. The lowest BCUT2D eigenvalue weighted by molar-refractivity contribution is 0.331. The maximum absolute atomic E-state index is 5.81. The van der Waals surface area contributed by atoms with E-state index in [1.807, 2.05) is 0 Å². The largest absolute Gasteiger partial charge is 0.375 e. The zero-order valence-electron chi connectivity index (χ0n) is 9.35. The van der Waals surface area contributed by atoms with E-state index < -0.39 is 0 Å². The number of fused-ring (bicyclic) bond motifs is 1. The molecule has 0 radical (unpaired) electrons. The van der Waals surface area contributed by atoms with Crippen LogP contribution in [0.25, 0.3) is 0 Å². The first kappa shape index (κ1) is 9.97. The van der Waals surface area contributed by atoms with Crippen molar-refractivity contribution >= 4 is 16.5 Å². The van der Waals surface area contributed by atoms with Crippen molar-refractivity contribution < 1.29 is 0 Å². The number of rotatable bonds is 0. The molecule has 1 aliphatic rings. The van der Waals surface area contributed by atoms with E-state index in [0.29, 0.717) is 0 Å². The van der Waals surface area contributed by atoms with Crippen LogP contribution in [0.2, 0.25) is 0 Å². The minimum absolute atomic E-state index is 0.207. The molecule has 1 heterocycles. The quantitative estimate of drug-likeness (QED) is 0.714. The molecule has 14 heavy (non-hydrogen) atoms. The van der Waals surface area contributed by atoms with Crippen LogP contribution < -0.4 is 5.73 Å². The van der Waals surface area contributed by atoms with Crippen LogP contribution in [0.4, 0.5) is 5.13 Å². The molecule has 1 aromatic rings. The first-order valence-corrected chi connectivity index (χ1v) is 5.92. The molecule has 0 saturated heterocycles. The number of nitrogen functional groups attached to an aromatic ring is 1. The van der Waals surface area contributed by atoms with Crippen LogP contribution in [-0.2, 0) is 10.8 Å². The van der Waals surface area contributed by atoms with E-state index in [4.69, 9.17) is 5.73 Å². The summed E-state index contributed by atoms with van der Waals surface area (Å²) >= 11 is 1.67. The van der Waals surface area contributed by atoms with E-state index in [1.165, 1.54) is 23.4 Å². The van der Waals surface area contributed by atoms with Crippen LogP contribution in [0.5, 0.6) is 0 Å². The van der Waals surface area contributed by atoms with Gasteiger partial charge in [-0.3, -0.25) is 0 Å². The number of thiazole rings is 1. The zero-order chi connectivity index (χ0) is 10.6. The molecule has 2 N–H and O–H groups in total. The van der Waals surface area contributed by atoms with Gasteiger partial charge in [-0.1, -0.05) is 27.7 Å². The maximum atomic E-state index is 5.81. The number of hydrogen-bond donors (Lipinski definition) is 1. The molecule has 0 aromatic carbocycles. The molecule has 2 rings (SSSR count). The molecular weight excluding hydrogens is 192 g/mol. The molecule has 0 aliphatic heterocycles. The van der Waals surface area contributed by atoms with Crippen LogP contribution in [0.3, 0.4) is 0 Å².